The molecule has 35 heavy (non-hydrogen) atoms. The number of amides is 3. The van der Waals surface area contributed by atoms with E-state index in [0.29, 0.717) is 11.8 Å². The fraction of sp³-hybridized carbons (Fsp3) is 0.450. The van der Waals surface area contributed by atoms with E-state index in [-0.39, 0.29) is 18.8 Å². The lowest BCUT2D eigenvalue weighted by Crippen LogP contribution is -2.50. The van der Waals surface area contributed by atoms with Crippen LogP contribution in [0.1, 0.15) is 25.8 Å². The Morgan fingerprint density at radius 3 is 2.17 bits per heavy atom. The summed E-state index contributed by atoms with van der Waals surface area (Å²) < 4.78 is 15.3. The van der Waals surface area contributed by atoms with Crippen molar-refractivity contribution >= 4 is 37.8 Å². The Hall–Kier alpha value is -3.32. The number of benzene rings is 1. The average molecular weight is 517 g/mol. The van der Waals surface area contributed by atoms with Crippen LogP contribution >= 0.6 is 7.82 Å². The van der Waals surface area contributed by atoms with Crippen LogP contribution in [0.5, 0.6) is 5.75 Å². The Kier molecular flexibility index (Phi) is 11.5. The molecular formula is C20H28N3O11P. The van der Waals surface area contributed by atoms with E-state index >= 15 is 0 Å². The van der Waals surface area contributed by atoms with E-state index in [1.165, 1.54) is 38.1 Å². The zero-order valence-electron chi connectivity index (χ0n) is 19.1. The maximum absolute atomic E-state index is 12.8. The van der Waals surface area contributed by atoms with Crippen LogP contribution in [0.15, 0.2) is 24.3 Å². The van der Waals surface area contributed by atoms with Crippen LogP contribution in [0.3, 0.4) is 0 Å². The summed E-state index contributed by atoms with van der Waals surface area (Å²) in [7, 11) is -4.74. The number of rotatable bonds is 14. The van der Waals surface area contributed by atoms with Crippen LogP contribution in [0, 0.1) is 0 Å². The molecule has 0 heterocycles. The summed E-state index contributed by atoms with van der Waals surface area (Å²) >= 11 is 0. The molecule has 1 aromatic rings. The van der Waals surface area contributed by atoms with E-state index in [2.05, 4.69) is 9.84 Å². The van der Waals surface area contributed by atoms with E-state index in [1.54, 1.807) is 0 Å². The maximum atomic E-state index is 12.8. The minimum absolute atomic E-state index is 0.0779. The number of phosphoric ester groups is 1. The SMILES string of the molecule is CC(=O)N(CC(=O)N(CCC(=O)O)CC(=O)N[C@H](C=O)[C@@H](C)O)Cc1ccc(OP(=O)(O)O)cc1. The van der Waals surface area contributed by atoms with Crippen LogP contribution in [-0.2, 0) is 35.1 Å². The van der Waals surface area contributed by atoms with Gasteiger partial charge in [-0.2, -0.15) is 0 Å². The second kappa shape index (κ2) is 13.5. The molecule has 0 saturated carbocycles. The average Bonchev–Trinajstić information content (AvgIpc) is 2.74. The quantitative estimate of drug-likeness (QED) is 0.147. The Balaban J connectivity index is 2.93. The number of nitrogens with zero attached hydrogens (tertiary/aromatic N) is 2. The zero-order valence-corrected chi connectivity index (χ0v) is 20.0. The number of hydrogen-bond donors (Lipinski definition) is 5. The van der Waals surface area contributed by atoms with Crippen molar-refractivity contribution in [2.45, 2.75) is 39.0 Å². The van der Waals surface area contributed by atoms with Gasteiger partial charge in [-0.25, -0.2) is 4.57 Å². The molecule has 1 aromatic carbocycles. The summed E-state index contributed by atoms with van der Waals surface area (Å²) in [5, 5.41) is 20.7. The van der Waals surface area contributed by atoms with Crippen molar-refractivity contribution in [1.29, 1.82) is 0 Å². The van der Waals surface area contributed by atoms with Crippen molar-refractivity contribution in [2.75, 3.05) is 19.6 Å². The van der Waals surface area contributed by atoms with Crippen LogP contribution in [-0.4, -0.2) is 91.6 Å². The highest BCUT2D eigenvalue weighted by molar-refractivity contribution is 7.46. The molecule has 0 saturated heterocycles. The normalized spacial score (nSPS) is 12.7. The Bertz CT molecular complexity index is 962. The Morgan fingerprint density at radius 2 is 1.71 bits per heavy atom. The summed E-state index contributed by atoms with van der Waals surface area (Å²) in [6.07, 6.45) is -1.35. The predicted octanol–water partition coefficient (Wildman–Crippen LogP) is -1.13. The number of carbonyl (C=O) groups excluding carboxylic acids is 4. The molecule has 0 radical (unpaired) electrons. The van der Waals surface area contributed by atoms with Crippen molar-refractivity contribution < 1.29 is 53.1 Å². The van der Waals surface area contributed by atoms with Gasteiger partial charge in [-0.1, -0.05) is 12.1 Å². The van der Waals surface area contributed by atoms with Crippen LogP contribution in [0.25, 0.3) is 0 Å². The monoisotopic (exact) mass is 517 g/mol. The first-order chi connectivity index (χ1) is 16.2. The van der Waals surface area contributed by atoms with E-state index < -0.39 is 63.2 Å². The third-order valence-corrected chi connectivity index (χ3v) is 5.02. The van der Waals surface area contributed by atoms with Crippen molar-refractivity contribution in [2.24, 2.45) is 0 Å². The van der Waals surface area contributed by atoms with E-state index in [9.17, 15) is 33.6 Å². The van der Waals surface area contributed by atoms with Crippen LogP contribution in [0.4, 0.5) is 0 Å². The smallest absolute Gasteiger partial charge is 0.481 e. The summed E-state index contributed by atoms with van der Waals surface area (Å²) in [4.78, 5) is 78.8. The molecular weight excluding hydrogens is 489 g/mol. The first-order valence-electron chi connectivity index (χ1n) is 10.2. The first kappa shape index (κ1) is 29.7. The minimum Gasteiger partial charge on any atom is -0.481 e. The summed E-state index contributed by atoms with van der Waals surface area (Å²) in [6, 6.07) is 4.17. The molecule has 194 valence electrons. The fourth-order valence-corrected chi connectivity index (χ4v) is 3.15. The fourth-order valence-electron chi connectivity index (χ4n) is 2.75. The number of carbonyl (C=O) groups is 5. The lowest BCUT2D eigenvalue weighted by Gasteiger charge is -2.27. The predicted molar refractivity (Wildman–Crippen MR) is 119 cm³/mol. The summed E-state index contributed by atoms with van der Waals surface area (Å²) in [6.45, 7) is 0.944. The number of aliphatic carboxylic acids is 1. The molecule has 0 unspecified atom stereocenters. The molecule has 15 heteroatoms. The first-order valence-corrected chi connectivity index (χ1v) is 11.8. The van der Waals surface area contributed by atoms with E-state index in [4.69, 9.17) is 14.9 Å². The van der Waals surface area contributed by atoms with Gasteiger partial charge in [0.1, 0.15) is 24.6 Å². The third kappa shape index (κ3) is 11.6. The van der Waals surface area contributed by atoms with Crippen LogP contribution in [0.2, 0.25) is 0 Å². The van der Waals surface area contributed by atoms with Gasteiger partial charge in [0.25, 0.3) is 0 Å². The number of hydrogen-bond acceptors (Lipinski definition) is 8. The van der Waals surface area contributed by atoms with Gasteiger partial charge in [0.15, 0.2) is 0 Å². The number of nitrogens with one attached hydrogen (secondary N) is 1. The maximum Gasteiger partial charge on any atom is 0.524 e. The number of carboxylic acid groups (broad SMARTS) is 1. The van der Waals surface area contributed by atoms with E-state index in [0.717, 1.165) is 9.80 Å². The second-order valence-electron chi connectivity index (χ2n) is 7.53. The zero-order chi connectivity index (χ0) is 26.8. The molecule has 2 atom stereocenters. The molecule has 0 aliphatic rings. The van der Waals surface area contributed by atoms with Crippen molar-refractivity contribution in [3.63, 3.8) is 0 Å². The number of aliphatic hydroxyl groups is 1. The van der Waals surface area contributed by atoms with Gasteiger partial charge in [-0.15, -0.1) is 0 Å². The van der Waals surface area contributed by atoms with Crippen molar-refractivity contribution in [1.82, 2.24) is 15.1 Å². The highest BCUT2D eigenvalue weighted by atomic mass is 31.2. The molecule has 0 aromatic heterocycles. The number of aldehydes is 1. The molecule has 0 fully saturated rings. The molecule has 0 aliphatic carbocycles. The summed E-state index contributed by atoms with van der Waals surface area (Å²) in [5.41, 5.74) is 0.492. The topological polar surface area (TPSA) is 211 Å². The molecule has 0 spiro atoms. The molecule has 5 N–H and O–H groups in total. The van der Waals surface area contributed by atoms with Gasteiger partial charge in [0.2, 0.25) is 17.7 Å². The third-order valence-electron chi connectivity index (χ3n) is 4.57. The van der Waals surface area contributed by atoms with Gasteiger partial charge in [-0.3, -0.25) is 29.0 Å². The van der Waals surface area contributed by atoms with Gasteiger partial charge in [0, 0.05) is 20.0 Å². The molecule has 1 rings (SSSR count). The van der Waals surface area contributed by atoms with Crippen LogP contribution < -0.4 is 9.84 Å². The number of carboxylic acids is 1. The Labute approximate surface area is 200 Å². The molecule has 0 aliphatic heterocycles. The second-order valence-corrected chi connectivity index (χ2v) is 8.69. The summed E-state index contributed by atoms with van der Waals surface area (Å²) in [5.74, 6) is -3.38. The van der Waals surface area contributed by atoms with Gasteiger partial charge in [0.05, 0.1) is 19.1 Å². The van der Waals surface area contributed by atoms with Gasteiger partial charge < -0.3 is 34.6 Å². The largest absolute Gasteiger partial charge is 0.524 e. The highest BCUT2D eigenvalue weighted by Crippen LogP contribution is 2.37. The standard InChI is InChI=1S/C20H28N3O11P/c1-13(25)17(12-24)21-18(27)10-22(8-7-20(29)30)19(28)11-23(14(2)26)9-15-3-5-16(6-4-15)34-35(31,32)33/h3-6,12-13,17,25H,7-11H2,1-2H3,(H,21,27)(H,29,30)(H2,31,32,33)/t13-,17-/m1/s1. The lowest BCUT2D eigenvalue weighted by atomic mass is 10.2. The Morgan fingerprint density at radius 1 is 1.11 bits per heavy atom. The minimum atomic E-state index is -4.74. The number of aliphatic hydroxyl groups excluding tert-OH is 1. The highest BCUT2D eigenvalue weighted by Gasteiger charge is 2.24. The molecule has 0 bridgehead atoms. The number of phosphoric acid groups is 1. The van der Waals surface area contributed by atoms with Gasteiger partial charge in [-0.05, 0) is 24.6 Å². The lowest BCUT2D eigenvalue weighted by molar-refractivity contribution is -0.144. The van der Waals surface area contributed by atoms with E-state index in [1.807, 2.05) is 0 Å². The molecule has 14 nitrogen and oxygen atoms in total. The molecule has 3 amide bonds. The van der Waals surface area contributed by atoms with Crippen molar-refractivity contribution in [3.05, 3.63) is 29.8 Å². The van der Waals surface area contributed by atoms with Crippen molar-refractivity contribution in [3.8, 4) is 5.75 Å². The van der Waals surface area contributed by atoms with Gasteiger partial charge >= 0.3 is 13.8 Å².